The van der Waals surface area contributed by atoms with E-state index in [1.807, 2.05) is 0 Å². The summed E-state index contributed by atoms with van der Waals surface area (Å²) in [6, 6.07) is 1.53. The normalized spacial score (nSPS) is 20.9. The number of amides is 2. The molecule has 0 unspecified atom stereocenters. The maximum atomic E-state index is 13.6. The summed E-state index contributed by atoms with van der Waals surface area (Å²) in [6.07, 6.45) is 3.24. The van der Waals surface area contributed by atoms with Crippen LogP contribution in [0.1, 0.15) is 25.7 Å². The standard InChI is InChI=1S/C16H22F2N2O3/c1-20(9-10-5-3-4-6-14(10)21)16(22)19-11-7-12(17)15(23-2)13(18)8-11/h7-8,10,14,21H,3-6,9H2,1-2H3,(H,19,22)/t10-,14-/m0/s1. The number of hydrogen-bond acceptors (Lipinski definition) is 3. The van der Waals surface area contributed by atoms with Crippen LogP contribution in [0, 0.1) is 17.6 Å². The second-order valence-electron chi connectivity index (χ2n) is 5.90. The number of rotatable bonds is 4. The van der Waals surface area contributed by atoms with E-state index in [1.165, 1.54) is 12.0 Å². The quantitative estimate of drug-likeness (QED) is 0.893. The van der Waals surface area contributed by atoms with E-state index in [9.17, 15) is 18.7 Å². The van der Waals surface area contributed by atoms with E-state index in [-0.39, 0.29) is 11.6 Å². The third-order valence-corrected chi connectivity index (χ3v) is 4.18. The predicted molar refractivity (Wildman–Crippen MR) is 82.5 cm³/mol. The molecule has 1 aromatic carbocycles. The van der Waals surface area contributed by atoms with Gasteiger partial charge in [0.2, 0.25) is 0 Å². The van der Waals surface area contributed by atoms with Gasteiger partial charge in [0.15, 0.2) is 17.4 Å². The third-order valence-electron chi connectivity index (χ3n) is 4.18. The Labute approximate surface area is 134 Å². The maximum absolute atomic E-state index is 13.6. The summed E-state index contributed by atoms with van der Waals surface area (Å²) < 4.78 is 31.8. The monoisotopic (exact) mass is 328 g/mol. The van der Waals surface area contributed by atoms with Crippen LogP contribution in [0.5, 0.6) is 5.75 Å². The number of aliphatic hydroxyl groups is 1. The number of benzene rings is 1. The number of ether oxygens (including phenoxy) is 1. The highest BCUT2D eigenvalue weighted by Crippen LogP contribution is 2.27. The number of nitrogens with zero attached hydrogens (tertiary/aromatic N) is 1. The van der Waals surface area contributed by atoms with E-state index in [0.717, 1.165) is 37.8 Å². The molecule has 1 aliphatic carbocycles. The Morgan fingerprint density at radius 1 is 1.35 bits per heavy atom. The largest absolute Gasteiger partial charge is 0.491 e. The smallest absolute Gasteiger partial charge is 0.321 e. The highest BCUT2D eigenvalue weighted by molar-refractivity contribution is 5.89. The van der Waals surface area contributed by atoms with Crippen molar-refractivity contribution >= 4 is 11.7 Å². The van der Waals surface area contributed by atoms with E-state index in [1.54, 1.807) is 7.05 Å². The first kappa shape index (κ1) is 17.5. The zero-order valence-electron chi connectivity index (χ0n) is 13.3. The molecule has 128 valence electrons. The molecule has 1 aliphatic rings. The number of hydrogen-bond donors (Lipinski definition) is 2. The molecule has 2 N–H and O–H groups in total. The minimum absolute atomic E-state index is 0.0156. The second-order valence-corrected chi connectivity index (χ2v) is 5.90. The molecular formula is C16H22F2N2O3. The first-order valence-corrected chi connectivity index (χ1v) is 7.65. The first-order chi connectivity index (χ1) is 10.9. The van der Waals surface area contributed by atoms with Crippen LogP contribution < -0.4 is 10.1 Å². The third kappa shape index (κ3) is 4.31. The van der Waals surface area contributed by atoms with Crippen LogP contribution in [0.25, 0.3) is 0 Å². The van der Waals surface area contributed by atoms with Gasteiger partial charge in [-0.3, -0.25) is 0 Å². The van der Waals surface area contributed by atoms with Gasteiger partial charge in [-0.2, -0.15) is 0 Å². The van der Waals surface area contributed by atoms with Crippen LogP contribution in [0.2, 0.25) is 0 Å². The topological polar surface area (TPSA) is 61.8 Å². The average Bonchev–Trinajstić information content (AvgIpc) is 2.49. The molecule has 5 nitrogen and oxygen atoms in total. The van der Waals surface area contributed by atoms with Crippen molar-refractivity contribution in [3.63, 3.8) is 0 Å². The number of nitrogens with one attached hydrogen (secondary N) is 1. The average molecular weight is 328 g/mol. The molecule has 2 amide bonds. The molecule has 0 radical (unpaired) electrons. The van der Waals surface area contributed by atoms with Gasteiger partial charge in [0.1, 0.15) is 0 Å². The van der Waals surface area contributed by atoms with E-state index in [4.69, 9.17) is 0 Å². The highest BCUT2D eigenvalue weighted by Gasteiger charge is 2.25. The Morgan fingerprint density at radius 3 is 2.52 bits per heavy atom. The van der Waals surface area contributed by atoms with E-state index in [2.05, 4.69) is 10.1 Å². The van der Waals surface area contributed by atoms with Gasteiger partial charge in [-0.25, -0.2) is 13.6 Å². The Bertz CT molecular complexity index is 545. The van der Waals surface area contributed by atoms with Crippen LogP contribution in [-0.4, -0.2) is 42.8 Å². The lowest BCUT2D eigenvalue weighted by atomic mass is 9.86. The van der Waals surface area contributed by atoms with Crippen LogP contribution in [0.15, 0.2) is 12.1 Å². The minimum atomic E-state index is -0.881. The number of urea groups is 1. The maximum Gasteiger partial charge on any atom is 0.321 e. The van der Waals surface area contributed by atoms with Gasteiger partial charge in [0.05, 0.1) is 13.2 Å². The van der Waals surface area contributed by atoms with Crippen molar-refractivity contribution in [2.75, 3.05) is 26.0 Å². The van der Waals surface area contributed by atoms with Crippen LogP contribution in [0.4, 0.5) is 19.3 Å². The molecule has 7 heteroatoms. The molecule has 0 saturated heterocycles. The summed E-state index contributed by atoms with van der Waals surface area (Å²) in [5, 5.41) is 12.4. The summed E-state index contributed by atoms with van der Waals surface area (Å²) >= 11 is 0. The fourth-order valence-corrected chi connectivity index (χ4v) is 2.88. The lowest BCUT2D eigenvalue weighted by Gasteiger charge is -2.31. The summed E-state index contributed by atoms with van der Waals surface area (Å²) in [5.74, 6) is -2.22. The number of halogens is 2. The Balaban J connectivity index is 1.98. The number of aliphatic hydroxyl groups excluding tert-OH is 1. The first-order valence-electron chi connectivity index (χ1n) is 7.65. The summed E-state index contributed by atoms with van der Waals surface area (Å²) in [5.41, 5.74) is 0.0156. The van der Waals surface area contributed by atoms with Gasteiger partial charge in [0, 0.05) is 37.3 Å². The zero-order valence-corrected chi connectivity index (χ0v) is 13.3. The molecule has 1 fully saturated rings. The summed E-state index contributed by atoms with van der Waals surface area (Å²) in [6.45, 7) is 0.397. The lowest BCUT2D eigenvalue weighted by molar-refractivity contribution is 0.0575. The van der Waals surface area contributed by atoms with E-state index in [0.29, 0.717) is 6.54 Å². The molecule has 0 heterocycles. The predicted octanol–water partition coefficient (Wildman–Crippen LogP) is 2.99. The molecule has 0 bridgehead atoms. The molecule has 2 rings (SSSR count). The molecule has 0 spiro atoms. The Hall–Kier alpha value is -1.89. The molecule has 23 heavy (non-hydrogen) atoms. The summed E-state index contributed by atoms with van der Waals surface area (Å²) in [7, 11) is 2.76. The fraction of sp³-hybridized carbons (Fsp3) is 0.562. The zero-order chi connectivity index (χ0) is 17.0. The van der Waals surface area contributed by atoms with Gasteiger partial charge in [-0.05, 0) is 12.8 Å². The molecular weight excluding hydrogens is 306 g/mol. The fourth-order valence-electron chi connectivity index (χ4n) is 2.88. The van der Waals surface area contributed by atoms with Crippen molar-refractivity contribution in [1.29, 1.82) is 0 Å². The van der Waals surface area contributed by atoms with Crippen molar-refractivity contribution in [2.45, 2.75) is 31.8 Å². The lowest BCUT2D eigenvalue weighted by Crippen LogP contribution is -2.40. The van der Waals surface area contributed by atoms with Crippen LogP contribution >= 0.6 is 0 Å². The van der Waals surface area contributed by atoms with Crippen molar-refractivity contribution in [3.8, 4) is 5.75 Å². The molecule has 1 saturated carbocycles. The minimum Gasteiger partial charge on any atom is -0.491 e. The van der Waals surface area contributed by atoms with Gasteiger partial charge in [-0.1, -0.05) is 12.8 Å². The van der Waals surface area contributed by atoms with Gasteiger partial charge in [-0.15, -0.1) is 0 Å². The summed E-state index contributed by atoms with van der Waals surface area (Å²) in [4.78, 5) is 13.5. The number of anilines is 1. The van der Waals surface area contributed by atoms with E-state index < -0.39 is 29.5 Å². The van der Waals surface area contributed by atoms with Crippen molar-refractivity contribution in [3.05, 3.63) is 23.8 Å². The SMILES string of the molecule is COc1c(F)cc(NC(=O)N(C)C[C@@H]2CCCC[C@@H]2O)cc1F. The van der Waals surface area contributed by atoms with Gasteiger partial charge < -0.3 is 20.1 Å². The van der Waals surface area contributed by atoms with Crippen molar-refractivity contribution in [1.82, 2.24) is 4.90 Å². The van der Waals surface area contributed by atoms with Crippen molar-refractivity contribution < 1.29 is 23.4 Å². The van der Waals surface area contributed by atoms with E-state index >= 15 is 0 Å². The van der Waals surface area contributed by atoms with Gasteiger partial charge in [0.25, 0.3) is 0 Å². The Morgan fingerprint density at radius 2 is 1.96 bits per heavy atom. The highest BCUT2D eigenvalue weighted by atomic mass is 19.1. The molecule has 0 aromatic heterocycles. The molecule has 0 aliphatic heterocycles. The van der Waals surface area contributed by atoms with Crippen molar-refractivity contribution in [2.24, 2.45) is 5.92 Å². The van der Waals surface area contributed by atoms with Crippen LogP contribution in [-0.2, 0) is 0 Å². The number of methoxy groups -OCH3 is 1. The second kappa shape index (κ2) is 7.59. The number of carbonyl (C=O) groups is 1. The molecule has 1 aromatic rings. The molecule has 2 atom stereocenters. The number of carbonyl (C=O) groups excluding carboxylic acids is 1. The van der Waals surface area contributed by atoms with Gasteiger partial charge >= 0.3 is 6.03 Å². The van der Waals surface area contributed by atoms with Crippen LogP contribution in [0.3, 0.4) is 0 Å². The Kier molecular flexibility index (Phi) is 5.76.